The fraction of sp³-hybridized carbons (Fsp3) is 0.571. The maximum absolute atomic E-state index is 12.4. The molecule has 0 saturated carbocycles. The predicted molar refractivity (Wildman–Crippen MR) is 83.9 cm³/mol. The van der Waals surface area contributed by atoms with E-state index in [0.717, 1.165) is 30.2 Å². The zero-order valence-corrected chi connectivity index (χ0v) is 13.9. The van der Waals surface area contributed by atoms with Gasteiger partial charge in [-0.1, -0.05) is 49.0 Å². The Balaban J connectivity index is 2.93. The summed E-state index contributed by atoms with van der Waals surface area (Å²) in [5.41, 5.74) is 6.12. The molecule has 0 aliphatic heterocycles. The fourth-order valence-corrected chi connectivity index (χ4v) is 4.52. The minimum atomic E-state index is -3.31. The van der Waals surface area contributed by atoms with Crippen molar-refractivity contribution in [2.75, 3.05) is 11.5 Å². The molecule has 0 saturated heterocycles. The summed E-state index contributed by atoms with van der Waals surface area (Å²) in [5, 5.41) is 0. The number of hydrogen-bond acceptors (Lipinski definition) is 3. The molecular formula is C14H22BrNO2S. The molecule has 1 unspecified atom stereocenters. The van der Waals surface area contributed by atoms with E-state index in [1.54, 1.807) is 18.2 Å². The van der Waals surface area contributed by atoms with Gasteiger partial charge in [0.2, 0.25) is 0 Å². The molecule has 1 rings (SSSR count). The zero-order chi connectivity index (χ0) is 14.5. The summed E-state index contributed by atoms with van der Waals surface area (Å²) in [6.45, 7) is 4.16. The Hall–Kier alpha value is -0.550. The number of halogens is 1. The molecule has 0 fully saturated rings. The third-order valence-electron chi connectivity index (χ3n) is 3.31. The van der Waals surface area contributed by atoms with Gasteiger partial charge in [0.05, 0.1) is 16.3 Å². The molecule has 1 aromatic carbocycles. The molecule has 19 heavy (non-hydrogen) atoms. The molecule has 1 aromatic rings. The second-order valence-electron chi connectivity index (χ2n) is 4.88. The Morgan fingerprint density at radius 1 is 1.32 bits per heavy atom. The van der Waals surface area contributed by atoms with E-state index >= 15 is 0 Å². The number of unbranched alkanes of at least 4 members (excludes halogenated alkanes) is 1. The summed E-state index contributed by atoms with van der Waals surface area (Å²) in [4.78, 5) is 0.247. The maximum Gasteiger partial charge on any atom is 0.180 e. The van der Waals surface area contributed by atoms with Crippen LogP contribution in [-0.4, -0.2) is 14.2 Å². The molecule has 0 bridgehead atoms. The number of nitrogens with two attached hydrogens (primary N) is 1. The van der Waals surface area contributed by atoms with Gasteiger partial charge in [0.1, 0.15) is 0 Å². The van der Waals surface area contributed by atoms with Gasteiger partial charge in [-0.2, -0.15) is 0 Å². The third kappa shape index (κ3) is 4.80. The van der Waals surface area contributed by atoms with Crippen LogP contribution in [0, 0.1) is 5.92 Å². The second-order valence-corrected chi connectivity index (χ2v) is 7.80. The summed E-state index contributed by atoms with van der Waals surface area (Å²) in [6, 6.07) is 4.98. The predicted octanol–water partition coefficient (Wildman–Crippen LogP) is 4.02. The summed E-state index contributed by atoms with van der Waals surface area (Å²) in [7, 11) is -3.31. The van der Waals surface area contributed by atoms with Crippen LogP contribution in [0.2, 0.25) is 0 Å². The van der Waals surface area contributed by atoms with Crippen molar-refractivity contribution in [3.05, 3.63) is 22.7 Å². The van der Waals surface area contributed by atoms with Crippen molar-refractivity contribution in [1.82, 2.24) is 0 Å². The number of nitrogen functional groups attached to an aromatic ring is 1. The number of sulfone groups is 1. The maximum atomic E-state index is 12.4. The van der Waals surface area contributed by atoms with Crippen LogP contribution in [0.1, 0.15) is 39.5 Å². The number of hydrogen-bond donors (Lipinski definition) is 1. The van der Waals surface area contributed by atoms with Crippen molar-refractivity contribution in [3.8, 4) is 0 Å². The Labute approximate surface area is 124 Å². The number of benzene rings is 1. The Bertz CT molecular complexity index is 514. The van der Waals surface area contributed by atoms with Gasteiger partial charge in [0.25, 0.3) is 0 Å². The minimum Gasteiger partial charge on any atom is -0.398 e. The van der Waals surface area contributed by atoms with Crippen LogP contribution < -0.4 is 5.73 Å². The quantitative estimate of drug-likeness (QED) is 0.757. The van der Waals surface area contributed by atoms with E-state index < -0.39 is 9.84 Å². The van der Waals surface area contributed by atoms with E-state index in [1.165, 1.54) is 0 Å². The van der Waals surface area contributed by atoms with Crippen molar-refractivity contribution in [3.63, 3.8) is 0 Å². The van der Waals surface area contributed by atoms with E-state index in [9.17, 15) is 8.42 Å². The highest BCUT2D eigenvalue weighted by atomic mass is 79.9. The van der Waals surface area contributed by atoms with E-state index in [-0.39, 0.29) is 16.6 Å². The zero-order valence-electron chi connectivity index (χ0n) is 11.5. The van der Waals surface area contributed by atoms with E-state index in [2.05, 4.69) is 22.9 Å². The number of anilines is 1. The topological polar surface area (TPSA) is 60.2 Å². The standard InChI is InChI=1S/C14H22BrNO2S/c1-3-5-6-11(4-2)10-19(17,18)14-9-12(15)7-8-13(14)16/h7-9,11H,3-6,10,16H2,1-2H3. The highest BCUT2D eigenvalue weighted by molar-refractivity contribution is 9.10. The normalized spacial score (nSPS) is 13.4. The minimum absolute atomic E-state index is 0.185. The van der Waals surface area contributed by atoms with Crippen LogP contribution in [0.3, 0.4) is 0 Å². The van der Waals surface area contributed by atoms with Crippen LogP contribution in [0.25, 0.3) is 0 Å². The molecule has 0 spiro atoms. The van der Waals surface area contributed by atoms with Crippen molar-refractivity contribution in [2.24, 2.45) is 5.92 Å². The summed E-state index contributed by atoms with van der Waals surface area (Å²) in [5.74, 6) is 0.396. The second kappa shape index (κ2) is 7.29. The Kier molecular flexibility index (Phi) is 6.33. The average Bonchev–Trinajstić information content (AvgIpc) is 2.37. The highest BCUT2D eigenvalue weighted by Gasteiger charge is 2.22. The van der Waals surface area contributed by atoms with Crippen LogP contribution in [0.15, 0.2) is 27.6 Å². The van der Waals surface area contributed by atoms with Gasteiger partial charge in [-0.05, 0) is 30.5 Å². The Morgan fingerprint density at radius 3 is 2.58 bits per heavy atom. The molecular weight excluding hydrogens is 326 g/mol. The highest BCUT2D eigenvalue weighted by Crippen LogP contribution is 2.27. The molecule has 5 heteroatoms. The molecule has 0 heterocycles. The van der Waals surface area contributed by atoms with Crippen LogP contribution in [-0.2, 0) is 9.84 Å². The Morgan fingerprint density at radius 2 is 2.00 bits per heavy atom. The first-order valence-electron chi connectivity index (χ1n) is 6.68. The van der Waals surface area contributed by atoms with Gasteiger partial charge >= 0.3 is 0 Å². The van der Waals surface area contributed by atoms with Crippen LogP contribution in [0.5, 0.6) is 0 Å². The molecule has 3 nitrogen and oxygen atoms in total. The first-order chi connectivity index (χ1) is 8.90. The molecule has 0 aliphatic rings. The summed E-state index contributed by atoms with van der Waals surface area (Å²) < 4.78 is 25.6. The molecule has 0 aromatic heterocycles. The van der Waals surface area contributed by atoms with E-state index in [0.29, 0.717) is 5.69 Å². The van der Waals surface area contributed by atoms with Crippen molar-refractivity contribution < 1.29 is 8.42 Å². The molecule has 1 atom stereocenters. The lowest BCUT2D eigenvalue weighted by Gasteiger charge is -2.15. The third-order valence-corrected chi connectivity index (χ3v) is 5.74. The van der Waals surface area contributed by atoms with Crippen molar-refractivity contribution >= 4 is 31.5 Å². The smallest absolute Gasteiger partial charge is 0.180 e. The SMILES string of the molecule is CCCCC(CC)CS(=O)(=O)c1cc(Br)ccc1N. The lowest BCUT2D eigenvalue weighted by molar-refractivity contribution is 0.484. The largest absolute Gasteiger partial charge is 0.398 e. The van der Waals surface area contributed by atoms with Crippen LogP contribution in [0.4, 0.5) is 5.69 Å². The van der Waals surface area contributed by atoms with E-state index in [1.807, 2.05) is 6.92 Å². The molecule has 0 amide bonds. The lowest BCUT2D eigenvalue weighted by Crippen LogP contribution is -2.17. The van der Waals surface area contributed by atoms with Crippen molar-refractivity contribution in [1.29, 1.82) is 0 Å². The summed E-state index contributed by atoms with van der Waals surface area (Å²) in [6.07, 6.45) is 4.00. The van der Waals surface area contributed by atoms with Gasteiger partial charge in [0, 0.05) is 4.47 Å². The summed E-state index contributed by atoms with van der Waals surface area (Å²) >= 11 is 3.29. The van der Waals surface area contributed by atoms with Gasteiger partial charge < -0.3 is 5.73 Å². The molecule has 2 N–H and O–H groups in total. The van der Waals surface area contributed by atoms with Gasteiger partial charge in [-0.15, -0.1) is 0 Å². The molecule has 0 radical (unpaired) electrons. The first kappa shape index (κ1) is 16.5. The van der Waals surface area contributed by atoms with Gasteiger partial charge in [-0.25, -0.2) is 8.42 Å². The average molecular weight is 348 g/mol. The molecule has 0 aliphatic carbocycles. The van der Waals surface area contributed by atoms with Gasteiger partial charge in [0.15, 0.2) is 9.84 Å². The first-order valence-corrected chi connectivity index (χ1v) is 9.13. The van der Waals surface area contributed by atoms with E-state index in [4.69, 9.17) is 5.73 Å². The van der Waals surface area contributed by atoms with Gasteiger partial charge in [-0.3, -0.25) is 0 Å². The lowest BCUT2D eigenvalue weighted by atomic mass is 10.0. The van der Waals surface area contributed by atoms with Crippen molar-refractivity contribution in [2.45, 2.75) is 44.4 Å². The fourth-order valence-electron chi connectivity index (χ4n) is 2.08. The molecule has 108 valence electrons. The number of rotatable bonds is 7. The van der Waals surface area contributed by atoms with Crippen LogP contribution >= 0.6 is 15.9 Å². The monoisotopic (exact) mass is 347 g/mol.